The molecule has 8 heteroatoms. The van der Waals surface area contributed by atoms with E-state index in [1.165, 1.54) is 29.2 Å². The molecular formula is C12H10N6O2. The van der Waals surface area contributed by atoms with Gasteiger partial charge in [-0.3, -0.25) is 20.0 Å². The monoisotopic (exact) mass is 270 g/mol. The number of aromatic nitrogens is 5. The zero-order valence-electron chi connectivity index (χ0n) is 10.5. The molecule has 0 radical (unpaired) electrons. The van der Waals surface area contributed by atoms with Crippen LogP contribution in [0, 0.1) is 6.92 Å². The number of fused-ring (bicyclic) bond motifs is 1. The second-order valence-electron chi connectivity index (χ2n) is 4.11. The Labute approximate surface area is 112 Å². The van der Waals surface area contributed by atoms with E-state index in [4.69, 9.17) is 0 Å². The zero-order chi connectivity index (χ0) is 14.1. The van der Waals surface area contributed by atoms with Crippen LogP contribution in [-0.4, -0.2) is 30.5 Å². The van der Waals surface area contributed by atoms with E-state index in [9.17, 15) is 9.59 Å². The number of nitrogens with zero attached hydrogens (tertiary/aromatic N) is 4. The molecule has 1 amide bonds. The summed E-state index contributed by atoms with van der Waals surface area (Å²) in [6, 6.07) is 3.03. The van der Waals surface area contributed by atoms with E-state index >= 15 is 0 Å². The van der Waals surface area contributed by atoms with Gasteiger partial charge in [0, 0.05) is 30.4 Å². The molecule has 3 rings (SSSR count). The molecule has 8 nitrogen and oxygen atoms in total. The molecular weight excluding hydrogens is 260 g/mol. The van der Waals surface area contributed by atoms with E-state index < -0.39 is 5.91 Å². The van der Waals surface area contributed by atoms with Crippen molar-refractivity contribution in [1.29, 1.82) is 0 Å². The van der Waals surface area contributed by atoms with Crippen LogP contribution < -0.4 is 10.9 Å². The van der Waals surface area contributed by atoms with Crippen molar-refractivity contribution < 1.29 is 4.79 Å². The number of nitrogens with one attached hydrogen (secondary N) is 2. The fourth-order valence-electron chi connectivity index (χ4n) is 1.80. The minimum Gasteiger partial charge on any atom is -0.296 e. The summed E-state index contributed by atoms with van der Waals surface area (Å²) >= 11 is 0. The number of carbonyl (C=O) groups is 1. The maximum absolute atomic E-state index is 12.1. The van der Waals surface area contributed by atoms with Crippen LogP contribution in [0.5, 0.6) is 0 Å². The first kappa shape index (κ1) is 12.0. The van der Waals surface area contributed by atoms with Crippen molar-refractivity contribution >= 4 is 17.5 Å². The normalized spacial score (nSPS) is 10.7. The van der Waals surface area contributed by atoms with Crippen molar-refractivity contribution in [2.24, 2.45) is 0 Å². The number of aromatic amines is 1. The fraction of sp³-hybridized carbons (Fsp3) is 0.0833. The Morgan fingerprint density at radius 3 is 2.85 bits per heavy atom. The summed E-state index contributed by atoms with van der Waals surface area (Å²) in [5, 5.41) is 5.23. The average Bonchev–Trinajstić information content (AvgIpc) is 2.84. The van der Waals surface area contributed by atoms with Crippen molar-refractivity contribution in [2.45, 2.75) is 6.92 Å². The molecule has 0 spiro atoms. The summed E-state index contributed by atoms with van der Waals surface area (Å²) in [5.41, 5.74) is 0.781. The van der Waals surface area contributed by atoms with Crippen molar-refractivity contribution in [3.8, 4) is 0 Å². The molecule has 0 fully saturated rings. The van der Waals surface area contributed by atoms with E-state index in [1.54, 1.807) is 13.0 Å². The van der Waals surface area contributed by atoms with Crippen LogP contribution in [0.4, 0.5) is 5.95 Å². The quantitative estimate of drug-likeness (QED) is 0.700. The minimum absolute atomic E-state index is 0.187. The fourth-order valence-corrected chi connectivity index (χ4v) is 1.80. The molecule has 0 aromatic carbocycles. The Morgan fingerprint density at radius 1 is 1.35 bits per heavy atom. The van der Waals surface area contributed by atoms with Gasteiger partial charge in [-0.2, -0.15) is 0 Å². The summed E-state index contributed by atoms with van der Waals surface area (Å²) in [4.78, 5) is 35.9. The van der Waals surface area contributed by atoms with Gasteiger partial charge in [-0.1, -0.05) is 0 Å². The van der Waals surface area contributed by atoms with E-state index in [2.05, 4.69) is 25.4 Å². The maximum Gasteiger partial charge on any atom is 0.272 e. The Hall–Kier alpha value is -3.03. The molecule has 0 saturated carbocycles. The third-order valence-electron chi connectivity index (χ3n) is 2.66. The van der Waals surface area contributed by atoms with Gasteiger partial charge in [0.05, 0.1) is 0 Å². The van der Waals surface area contributed by atoms with Crippen LogP contribution in [0.3, 0.4) is 0 Å². The second-order valence-corrected chi connectivity index (χ2v) is 4.11. The predicted molar refractivity (Wildman–Crippen MR) is 70.5 cm³/mol. The molecule has 3 aromatic heterocycles. The lowest BCUT2D eigenvalue weighted by Gasteiger charge is -2.01. The Balaban J connectivity index is 2.02. The molecule has 3 heterocycles. The van der Waals surface area contributed by atoms with Crippen molar-refractivity contribution in [3.05, 3.63) is 52.3 Å². The molecule has 100 valence electrons. The van der Waals surface area contributed by atoms with Gasteiger partial charge in [-0.15, -0.1) is 0 Å². The first-order valence-corrected chi connectivity index (χ1v) is 5.81. The number of anilines is 1. The van der Waals surface area contributed by atoms with Crippen LogP contribution in [0.25, 0.3) is 5.65 Å². The second kappa shape index (κ2) is 4.57. The molecule has 0 atom stereocenters. The summed E-state index contributed by atoms with van der Waals surface area (Å²) in [6.45, 7) is 1.69. The van der Waals surface area contributed by atoms with Crippen molar-refractivity contribution in [1.82, 2.24) is 24.6 Å². The van der Waals surface area contributed by atoms with Gasteiger partial charge in [-0.05, 0) is 13.0 Å². The molecule has 0 unspecified atom stereocenters. The van der Waals surface area contributed by atoms with Crippen LogP contribution >= 0.6 is 0 Å². The standard InChI is InChI=1S/C12H10N6O2/c1-7-5-9(19)18-10(16-7)8(6-15-18)11(20)17-12-13-3-2-4-14-12/h2-6,15H,1H3,(H,13,14,17,20). The first-order chi connectivity index (χ1) is 9.65. The number of rotatable bonds is 2. The third kappa shape index (κ3) is 2.03. The zero-order valence-corrected chi connectivity index (χ0v) is 10.5. The number of hydrogen-bond donors (Lipinski definition) is 2. The average molecular weight is 270 g/mol. The smallest absolute Gasteiger partial charge is 0.272 e. The summed E-state index contributed by atoms with van der Waals surface area (Å²) in [6.07, 6.45) is 4.46. The van der Waals surface area contributed by atoms with Gasteiger partial charge in [0.1, 0.15) is 5.56 Å². The highest BCUT2D eigenvalue weighted by Gasteiger charge is 2.15. The first-order valence-electron chi connectivity index (χ1n) is 5.81. The van der Waals surface area contributed by atoms with Crippen molar-refractivity contribution in [2.75, 3.05) is 5.32 Å². The highest BCUT2D eigenvalue weighted by molar-refractivity contribution is 6.07. The topological polar surface area (TPSA) is 105 Å². The molecule has 20 heavy (non-hydrogen) atoms. The lowest BCUT2D eigenvalue weighted by molar-refractivity contribution is 0.102. The molecule has 0 aliphatic rings. The summed E-state index contributed by atoms with van der Waals surface area (Å²) in [5.74, 6) is -0.251. The highest BCUT2D eigenvalue weighted by atomic mass is 16.2. The van der Waals surface area contributed by atoms with Gasteiger partial charge in [0.2, 0.25) is 5.95 Å². The Kier molecular flexibility index (Phi) is 2.75. The van der Waals surface area contributed by atoms with Gasteiger partial charge >= 0.3 is 0 Å². The van der Waals surface area contributed by atoms with Gasteiger partial charge < -0.3 is 0 Å². The molecule has 0 aliphatic carbocycles. The predicted octanol–water partition coefficient (Wildman–Crippen LogP) is 0.373. The number of H-pyrrole nitrogens is 1. The van der Waals surface area contributed by atoms with Crippen LogP contribution in [0.2, 0.25) is 0 Å². The van der Waals surface area contributed by atoms with Crippen LogP contribution in [-0.2, 0) is 0 Å². The number of aryl methyl sites for hydroxylation is 1. The maximum atomic E-state index is 12.1. The minimum atomic E-state index is -0.438. The highest BCUT2D eigenvalue weighted by Crippen LogP contribution is 2.08. The molecule has 0 bridgehead atoms. The number of carbonyl (C=O) groups excluding carboxylic acids is 1. The lowest BCUT2D eigenvalue weighted by Crippen LogP contribution is -2.17. The van der Waals surface area contributed by atoms with Gasteiger partial charge in [0.25, 0.3) is 11.5 Å². The summed E-state index contributed by atoms with van der Waals surface area (Å²) < 4.78 is 1.20. The number of amides is 1. The van der Waals surface area contributed by atoms with Crippen molar-refractivity contribution in [3.63, 3.8) is 0 Å². The Morgan fingerprint density at radius 2 is 2.10 bits per heavy atom. The molecule has 0 saturated heterocycles. The number of hydrogen-bond acceptors (Lipinski definition) is 5. The Bertz CT molecular complexity index is 836. The van der Waals surface area contributed by atoms with Crippen LogP contribution in [0.15, 0.2) is 35.5 Å². The molecule has 3 aromatic rings. The van der Waals surface area contributed by atoms with E-state index in [0.29, 0.717) is 5.69 Å². The third-order valence-corrected chi connectivity index (χ3v) is 2.66. The molecule has 0 aliphatic heterocycles. The lowest BCUT2D eigenvalue weighted by atomic mass is 10.3. The van der Waals surface area contributed by atoms with E-state index in [-0.39, 0.29) is 22.7 Å². The van der Waals surface area contributed by atoms with E-state index in [0.717, 1.165) is 0 Å². The van der Waals surface area contributed by atoms with Gasteiger partial charge in [-0.25, -0.2) is 19.5 Å². The largest absolute Gasteiger partial charge is 0.296 e. The SMILES string of the molecule is Cc1cc(=O)n2[nH]cc(C(=O)Nc3ncccn3)c2n1. The molecule has 2 N–H and O–H groups in total. The van der Waals surface area contributed by atoms with Gasteiger partial charge in [0.15, 0.2) is 5.65 Å². The van der Waals surface area contributed by atoms with Crippen LogP contribution in [0.1, 0.15) is 16.1 Å². The summed E-state index contributed by atoms with van der Waals surface area (Å²) in [7, 11) is 0. The van der Waals surface area contributed by atoms with E-state index in [1.807, 2.05) is 0 Å².